The van der Waals surface area contributed by atoms with Crippen molar-refractivity contribution in [3.8, 4) is 5.75 Å². The van der Waals surface area contributed by atoms with Crippen LogP contribution in [0.3, 0.4) is 0 Å². The van der Waals surface area contributed by atoms with Gasteiger partial charge in [0.25, 0.3) is 5.91 Å². The molecule has 1 saturated carbocycles. The molecule has 3 N–H and O–H groups in total. The molecule has 0 aromatic carbocycles. The molecule has 4 amide bonds. The number of nitrogens with one attached hydrogen (secondary N) is 1. The van der Waals surface area contributed by atoms with E-state index in [9.17, 15) is 19.2 Å². The summed E-state index contributed by atoms with van der Waals surface area (Å²) in [5.74, 6) is -0.946. The summed E-state index contributed by atoms with van der Waals surface area (Å²) in [6.45, 7) is 5.23. The number of rotatable bonds is 5. The highest BCUT2D eigenvalue weighted by molar-refractivity contribution is 5.95. The SMILES string of the molecule is CN(C(=O)OC(C)(C)C)[C@@H](CC1CC1)C(=O)N1C[C@@]2(C[C@H]1C(N)=O)Oc1cccnc1CNC2=O. The summed E-state index contributed by atoms with van der Waals surface area (Å²) < 4.78 is 11.6. The summed E-state index contributed by atoms with van der Waals surface area (Å²) in [5, 5.41) is 2.79. The average molecular weight is 488 g/mol. The lowest BCUT2D eigenvalue weighted by molar-refractivity contribution is -0.143. The predicted molar refractivity (Wildman–Crippen MR) is 124 cm³/mol. The Morgan fingerprint density at radius 2 is 2.09 bits per heavy atom. The van der Waals surface area contributed by atoms with Crippen molar-refractivity contribution in [2.45, 2.75) is 76.3 Å². The smallest absolute Gasteiger partial charge is 0.410 e. The van der Waals surface area contributed by atoms with Gasteiger partial charge in [-0.1, -0.05) is 12.8 Å². The van der Waals surface area contributed by atoms with Crippen molar-refractivity contribution in [1.29, 1.82) is 0 Å². The largest absolute Gasteiger partial charge is 0.473 e. The number of fused-ring (bicyclic) bond motifs is 1. The number of carbonyl (C=O) groups excluding carboxylic acids is 4. The van der Waals surface area contributed by atoms with Crippen molar-refractivity contribution in [1.82, 2.24) is 20.1 Å². The molecule has 3 aliphatic rings. The van der Waals surface area contributed by atoms with E-state index >= 15 is 0 Å². The van der Waals surface area contributed by atoms with Crippen LogP contribution in [0.15, 0.2) is 18.3 Å². The lowest BCUT2D eigenvalue weighted by Crippen LogP contribution is -2.55. The standard InChI is InChI=1S/C24H33N5O6/c1-23(2,3)35-22(33)28(4)16(10-14-7-8-14)20(31)29-13-24(11-17(29)19(25)30)21(32)27-12-15-18(34-24)6-5-9-26-15/h5-6,9,14,16-17H,7-8,10-13H2,1-4H3,(H2,25,30)(H,27,32)/t16-,17-,24+/m0/s1. The van der Waals surface area contributed by atoms with Crippen molar-refractivity contribution >= 4 is 23.8 Å². The van der Waals surface area contributed by atoms with Gasteiger partial charge >= 0.3 is 6.09 Å². The molecule has 1 spiro atoms. The Bertz CT molecular complexity index is 1040. The van der Waals surface area contributed by atoms with Crippen LogP contribution in [0.1, 0.15) is 52.1 Å². The van der Waals surface area contributed by atoms with Crippen LogP contribution in [0.25, 0.3) is 0 Å². The zero-order valence-electron chi connectivity index (χ0n) is 20.6. The summed E-state index contributed by atoms with van der Waals surface area (Å²) in [6.07, 6.45) is 3.22. The Kier molecular flexibility index (Phi) is 6.37. The second-order valence-corrected chi connectivity index (χ2v) is 10.6. The molecule has 2 fully saturated rings. The maximum Gasteiger partial charge on any atom is 0.410 e. The molecule has 2 aliphatic heterocycles. The molecule has 3 atom stereocenters. The maximum atomic E-state index is 13.9. The van der Waals surface area contributed by atoms with E-state index in [-0.39, 0.29) is 19.5 Å². The van der Waals surface area contributed by atoms with Crippen LogP contribution in [0.5, 0.6) is 5.75 Å². The monoisotopic (exact) mass is 487 g/mol. The number of likely N-dealkylation sites (N-methyl/N-ethyl adjacent to an activating group) is 1. The fourth-order valence-corrected chi connectivity index (χ4v) is 4.57. The third-order valence-corrected chi connectivity index (χ3v) is 6.61. The van der Waals surface area contributed by atoms with E-state index in [4.69, 9.17) is 15.2 Å². The van der Waals surface area contributed by atoms with Crippen LogP contribution in [-0.4, -0.2) is 75.5 Å². The van der Waals surface area contributed by atoms with Gasteiger partial charge in [-0.15, -0.1) is 0 Å². The van der Waals surface area contributed by atoms with Gasteiger partial charge in [-0.3, -0.25) is 24.3 Å². The molecule has 35 heavy (non-hydrogen) atoms. The summed E-state index contributed by atoms with van der Waals surface area (Å²) >= 11 is 0. The van der Waals surface area contributed by atoms with Crippen molar-refractivity contribution in [2.24, 2.45) is 11.7 Å². The number of ether oxygens (including phenoxy) is 2. The molecule has 1 aromatic heterocycles. The van der Waals surface area contributed by atoms with E-state index in [0.717, 1.165) is 12.8 Å². The molecule has 11 nitrogen and oxygen atoms in total. The third kappa shape index (κ3) is 5.18. The number of carbonyl (C=O) groups is 4. The van der Waals surface area contributed by atoms with Gasteiger partial charge in [-0.25, -0.2) is 4.79 Å². The number of nitrogens with two attached hydrogens (primary N) is 1. The summed E-state index contributed by atoms with van der Waals surface area (Å²) in [5.41, 5.74) is 4.00. The van der Waals surface area contributed by atoms with E-state index < -0.39 is 47.1 Å². The summed E-state index contributed by atoms with van der Waals surface area (Å²) in [6, 6.07) is 1.45. The van der Waals surface area contributed by atoms with Crippen LogP contribution in [0, 0.1) is 5.92 Å². The van der Waals surface area contributed by atoms with Crippen LogP contribution in [0.2, 0.25) is 0 Å². The topological polar surface area (TPSA) is 144 Å². The molecular formula is C24H33N5O6. The highest BCUT2D eigenvalue weighted by atomic mass is 16.6. The molecule has 4 rings (SSSR count). The van der Waals surface area contributed by atoms with Crippen LogP contribution >= 0.6 is 0 Å². The van der Waals surface area contributed by atoms with Crippen LogP contribution in [0.4, 0.5) is 4.79 Å². The van der Waals surface area contributed by atoms with E-state index in [1.807, 2.05) is 0 Å². The van der Waals surface area contributed by atoms with Gasteiger partial charge in [-0.2, -0.15) is 0 Å². The van der Waals surface area contributed by atoms with E-state index in [0.29, 0.717) is 23.8 Å². The van der Waals surface area contributed by atoms with Gasteiger partial charge < -0.3 is 25.4 Å². The zero-order chi connectivity index (χ0) is 25.5. The molecule has 1 aromatic rings. The highest BCUT2D eigenvalue weighted by Gasteiger charge is 2.57. The molecular weight excluding hydrogens is 454 g/mol. The minimum Gasteiger partial charge on any atom is -0.473 e. The van der Waals surface area contributed by atoms with Gasteiger partial charge in [0, 0.05) is 19.7 Å². The van der Waals surface area contributed by atoms with Gasteiger partial charge in [0.15, 0.2) is 0 Å². The summed E-state index contributed by atoms with van der Waals surface area (Å²) in [4.78, 5) is 59.1. The molecule has 11 heteroatoms. The first-order chi connectivity index (χ1) is 16.4. The van der Waals surface area contributed by atoms with Crippen molar-refractivity contribution < 1.29 is 28.7 Å². The molecule has 0 bridgehead atoms. The van der Waals surface area contributed by atoms with Gasteiger partial charge in [0.2, 0.25) is 17.4 Å². The second kappa shape index (κ2) is 9.01. The second-order valence-electron chi connectivity index (χ2n) is 10.6. The Hall–Kier alpha value is -3.37. The molecule has 3 heterocycles. The number of likely N-dealkylation sites (tertiary alicyclic amines) is 1. The quantitative estimate of drug-likeness (QED) is 0.629. The minimum atomic E-state index is -1.50. The molecule has 0 unspecified atom stereocenters. The summed E-state index contributed by atoms with van der Waals surface area (Å²) in [7, 11) is 1.51. The Morgan fingerprint density at radius 3 is 2.71 bits per heavy atom. The number of amides is 4. The molecule has 1 saturated heterocycles. The highest BCUT2D eigenvalue weighted by Crippen LogP contribution is 2.38. The number of hydrogen-bond donors (Lipinski definition) is 2. The Balaban J connectivity index is 1.63. The maximum absolute atomic E-state index is 13.9. The van der Waals surface area contributed by atoms with Crippen molar-refractivity contribution in [3.05, 3.63) is 24.0 Å². The van der Waals surface area contributed by atoms with Crippen LogP contribution in [-0.2, 0) is 25.7 Å². The Morgan fingerprint density at radius 1 is 1.37 bits per heavy atom. The number of pyridine rings is 1. The number of aromatic nitrogens is 1. The van der Waals surface area contributed by atoms with E-state index in [2.05, 4.69) is 10.3 Å². The third-order valence-electron chi connectivity index (χ3n) is 6.61. The molecule has 0 radical (unpaired) electrons. The normalized spacial score (nSPS) is 24.6. The molecule has 1 aliphatic carbocycles. The predicted octanol–water partition coefficient (Wildman–Crippen LogP) is 0.951. The molecule has 190 valence electrons. The Labute approximate surface area is 204 Å². The number of nitrogens with zero attached hydrogens (tertiary/aromatic N) is 3. The van der Waals surface area contributed by atoms with Gasteiger partial charge in [0.1, 0.15) is 29.1 Å². The number of hydrogen-bond acceptors (Lipinski definition) is 7. The first-order valence-electron chi connectivity index (χ1n) is 11.9. The first-order valence-corrected chi connectivity index (χ1v) is 11.9. The number of primary amides is 1. The zero-order valence-corrected chi connectivity index (χ0v) is 20.6. The average Bonchev–Trinajstić information content (AvgIpc) is 3.53. The first kappa shape index (κ1) is 24.7. The van der Waals surface area contributed by atoms with Gasteiger partial charge in [-0.05, 0) is 45.2 Å². The minimum absolute atomic E-state index is 0.0967. The van der Waals surface area contributed by atoms with Crippen molar-refractivity contribution in [3.63, 3.8) is 0 Å². The van der Waals surface area contributed by atoms with Gasteiger partial charge in [0.05, 0.1) is 13.1 Å². The van der Waals surface area contributed by atoms with E-state index in [1.54, 1.807) is 39.1 Å². The fraction of sp³-hybridized carbons (Fsp3) is 0.625. The van der Waals surface area contributed by atoms with Crippen LogP contribution < -0.4 is 15.8 Å². The van der Waals surface area contributed by atoms with E-state index in [1.165, 1.54) is 16.8 Å². The lowest BCUT2D eigenvalue weighted by atomic mass is 9.98. The van der Waals surface area contributed by atoms with Crippen molar-refractivity contribution in [2.75, 3.05) is 13.6 Å². The fourth-order valence-electron chi connectivity index (χ4n) is 4.57. The lowest BCUT2D eigenvalue weighted by Gasteiger charge is -2.34.